The zero-order valence-corrected chi connectivity index (χ0v) is 11.1. The van der Waals surface area contributed by atoms with E-state index in [0.29, 0.717) is 24.3 Å². The van der Waals surface area contributed by atoms with Crippen LogP contribution in [-0.2, 0) is 11.2 Å². The zero-order chi connectivity index (χ0) is 13.7. The minimum atomic E-state index is -0.0553. The Balaban J connectivity index is 1.96. The second-order valence-corrected chi connectivity index (χ2v) is 4.33. The highest BCUT2D eigenvalue weighted by Gasteiger charge is 2.08. The second-order valence-electron chi connectivity index (χ2n) is 4.33. The van der Waals surface area contributed by atoms with Gasteiger partial charge in [-0.25, -0.2) is 0 Å². The van der Waals surface area contributed by atoms with Crippen molar-refractivity contribution in [3.05, 3.63) is 47.9 Å². The molecule has 2 rings (SSSR count). The van der Waals surface area contributed by atoms with E-state index in [1.165, 1.54) is 0 Å². The minimum absolute atomic E-state index is 0.0553. The molecule has 0 fully saturated rings. The molecule has 1 aromatic heterocycles. The Morgan fingerprint density at radius 3 is 2.89 bits per heavy atom. The van der Waals surface area contributed by atoms with Crippen LogP contribution in [-0.4, -0.2) is 13.0 Å². The fraction of sp³-hybridized carbons (Fsp3) is 0.267. The summed E-state index contributed by atoms with van der Waals surface area (Å²) in [6.45, 7) is 1.97. The van der Waals surface area contributed by atoms with Gasteiger partial charge in [-0.2, -0.15) is 0 Å². The van der Waals surface area contributed by atoms with Gasteiger partial charge in [-0.1, -0.05) is 6.07 Å². The Morgan fingerprint density at radius 2 is 2.21 bits per heavy atom. The summed E-state index contributed by atoms with van der Waals surface area (Å²) in [6.07, 6.45) is 2.58. The van der Waals surface area contributed by atoms with E-state index in [1.807, 2.05) is 37.3 Å². The molecule has 0 unspecified atom stereocenters. The van der Waals surface area contributed by atoms with Crippen LogP contribution in [0, 0.1) is 6.92 Å². The van der Waals surface area contributed by atoms with Crippen LogP contribution < -0.4 is 10.1 Å². The van der Waals surface area contributed by atoms with E-state index in [4.69, 9.17) is 9.15 Å². The fourth-order valence-corrected chi connectivity index (χ4v) is 1.82. The maximum absolute atomic E-state index is 11.9. The van der Waals surface area contributed by atoms with E-state index < -0.39 is 0 Å². The Morgan fingerprint density at radius 1 is 1.37 bits per heavy atom. The maximum Gasteiger partial charge on any atom is 0.224 e. The topological polar surface area (TPSA) is 51.5 Å². The molecule has 0 spiro atoms. The Kier molecular flexibility index (Phi) is 4.23. The molecule has 1 N–H and O–H groups in total. The van der Waals surface area contributed by atoms with Crippen molar-refractivity contribution in [2.75, 3.05) is 12.4 Å². The molecule has 19 heavy (non-hydrogen) atoms. The van der Waals surface area contributed by atoms with Gasteiger partial charge < -0.3 is 14.5 Å². The van der Waals surface area contributed by atoms with Crippen LogP contribution in [0.15, 0.2) is 41.0 Å². The summed E-state index contributed by atoms with van der Waals surface area (Å²) in [5, 5.41) is 2.86. The number of amides is 1. The molecule has 0 aliphatic heterocycles. The Hall–Kier alpha value is -2.23. The highest BCUT2D eigenvalue weighted by Crippen LogP contribution is 2.25. The van der Waals surface area contributed by atoms with Crippen molar-refractivity contribution in [2.24, 2.45) is 0 Å². The molecule has 100 valence electrons. The van der Waals surface area contributed by atoms with Crippen LogP contribution in [0.3, 0.4) is 0 Å². The highest BCUT2D eigenvalue weighted by atomic mass is 16.5. The van der Waals surface area contributed by atoms with Gasteiger partial charge in [-0.05, 0) is 36.8 Å². The number of hydrogen-bond donors (Lipinski definition) is 1. The molecule has 4 heteroatoms. The van der Waals surface area contributed by atoms with Crippen molar-refractivity contribution in [1.82, 2.24) is 0 Å². The number of ether oxygens (including phenoxy) is 1. The number of furan rings is 1. The molecule has 0 bridgehead atoms. The van der Waals surface area contributed by atoms with Gasteiger partial charge in [0.25, 0.3) is 0 Å². The first-order chi connectivity index (χ1) is 9.19. The summed E-state index contributed by atoms with van der Waals surface area (Å²) in [6, 6.07) is 9.36. The van der Waals surface area contributed by atoms with Crippen LogP contribution in [0.2, 0.25) is 0 Å². The molecule has 0 aliphatic rings. The van der Waals surface area contributed by atoms with E-state index >= 15 is 0 Å². The van der Waals surface area contributed by atoms with Crippen LogP contribution in [0.25, 0.3) is 0 Å². The lowest BCUT2D eigenvalue weighted by atomic mass is 10.2. The Labute approximate surface area is 112 Å². The smallest absolute Gasteiger partial charge is 0.224 e. The molecular formula is C15H17NO3. The predicted molar refractivity (Wildman–Crippen MR) is 73.4 cm³/mol. The summed E-state index contributed by atoms with van der Waals surface area (Å²) >= 11 is 0. The third kappa shape index (κ3) is 3.61. The average molecular weight is 259 g/mol. The van der Waals surface area contributed by atoms with E-state index in [2.05, 4.69) is 5.32 Å². The van der Waals surface area contributed by atoms with Crippen molar-refractivity contribution in [2.45, 2.75) is 19.8 Å². The number of carbonyl (C=O) groups excluding carboxylic acids is 1. The summed E-state index contributed by atoms with van der Waals surface area (Å²) in [4.78, 5) is 11.9. The van der Waals surface area contributed by atoms with Crippen LogP contribution in [0.4, 0.5) is 5.69 Å². The van der Waals surface area contributed by atoms with Gasteiger partial charge in [0.1, 0.15) is 11.5 Å². The standard InChI is InChI=1S/C15H17NO3/c1-11-5-7-14(18-2)13(10-11)16-15(17)8-6-12-4-3-9-19-12/h3-5,7,9-10H,6,8H2,1-2H3,(H,16,17). The highest BCUT2D eigenvalue weighted by molar-refractivity contribution is 5.92. The lowest BCUT2D eigenvalue weighted by Crippen LogP contribution is -2.13. The maximum atomic E-state index is 11.9. The number of rotatable bonds is 5. The van der Waals surface area contributed by atoms with Crippen LogP contribution >= 0.6 is 0 Å². The third-order valence-corrected chi connectivity index (χ3v) is 2.81. The van der Waals surface area contributed by atoms with E-state index in [0.717, 1.165) is 11.3 Å². The van der Waals surface area contributed by atoms with E-state index in [9.17, 15) is 4.79 Å². The normalized spacial score (nSPS) is 10.2. The van der Waals surface area contributed by atoms with Gasteiger partial charge in [0, 0.05) is 12.8 Å². The molecule has 4 nitrogen and oxygen atoms in total. The molecule has 0 radical (unpaired) electrons. The zero-order valence-electron chi connectivity index (χ0n) is 11.1. The number of methoxy groups -OCH3 is 1. The number of nitrogens with one attached hydrogen (secondary N) is 1. The van der Waals surface area contributed by atoms with E-state index in [-0.39, 0.29) is 5.91 Å². The van der Waals surface area contributed by atoms with Gasteiger partial charge in [0.2, 0.25) is 5.91 Å². The van der Waals surface area contributed by atoms with Crippen LogP contribution in [0.1, 0.15) is 17.7 Å². The summed E-state index contributed by atoms with van der Waals surface area (Å²) < 4.78 is 10.4. The molecule has 0 saturated carbocycles. The number of benzene rings is 1. The Bertz CT molecular complexity index is 547. The number of anilines is 1. The first-order valence-corrected chi connectivity index (χ1v) is 6.16. The first-order valence-electron chi connectivity index (χ1n) is 6.16. The minimum Gasteiger partial charge on any atom is -0.495 e. The van der Waals surface area contributed by atoms with Crippen molar-refractivity contribution in [3.63, 3.8) is 0 Å². The largest absolute Gasteiger partial charge is 0.495 e. The molecule has 1 aromatic carbocycles. The molecular weight excluding hydrogens is 242 g/mol. The van der Waals surface area contributed by atoms with E-state index in [1.54, 1.807) is 13.4 Å². The van der Waals surface area contributed by atoms with Gasteiger partial charge in [0.05, 0.1) is 19.1 Å². The molecule has 0 aliphatic carbocycles. The summed E-state index contributed by atoms with van der Waals surface area (Å²) in [7, 11) is 1.59. The van der Waals surface area contributed by atoms with Gasteiger partial charge in [-0.15, -0.1) is 0 Å². The van der Waals surface area contributed by atoms with Gasteiger partial charge >= 0.3 is 0 Å². The molecule has 0 atom stereocenters. The van der Waals surface area contributed by atoms with Crippen molar-refractivity contribution >= 4 is 11.6 Å². The second kappa shape index (κ2) is 6.09. The monoisotopic (exact) mass is 259 g/mol. The molecule has 1 heterocycles. The quantitative estimate of drug-likeness (QED) is 0.897. The first kappa shape index (κ1) is 13.2. The van der Waals surface area contributed by atoms with Gasteiger partial charge in [-0.3, -0.25) is 4.79 Å². The lowest BCUT2D eigenvalue weighted by molar-refractivity contribution is -0.116. The summed E-state index contributed by atoms with van der Waals surface area (Å²) in [5.74, 6) is 1.42. The molecule has 0 saturated heterocycles. The van der Waals surface area contributed by atoms with Gasteiger partial charge in [0.15, 0.2) is 0 Å². The predicted octanol–water partition coefficient (Wildman–Crippen LogP) is 3.17. The summed E-state index contributed by atoms with van der Waals surface area (Å²) in [5.41, 5.74) is 1.77. The molecule has 1 amide bonds. The lowest BCUT2D eigenvalue weighted by Gasteiger charge is -2.10. The van der Waals surface area contributed by atoms with Crippen LogP contribution in [0.5, 0.6) is 5.75 Å². The average Bonchev–Trinajstić information content (AvgIpc) is 2.90. The number of aryl methyl sites for hydroxylation is 2. The van der Waals surface area contributed by atoms with Crippen molar-refractivity contribution in [3.8, 4) is 5.75 Å². The van der Waals surface area contributed by atoms with Crippen molar-refractivity contribution in [1.29, 1.82) is 0 Å². The molecule has 2 aromatic rings. The van der Waals surface area contributed by atoms with Crippen molar-refractivity contribution < 1.29 is 13.9 Å². The third-order valence-electron chi connectivity index (χ3n) is 2.81. The number of hydrogen-bond acceptors (Lipinski definition) is 3. The number of carbonyl (C=O) groups is 1. The fourth-order valence-electron chi connectivity index (χ4n) is 1.82. The SMILES string of the molecule is COc1ccc(C)cc1NC(=O)CCc1ccco1.